The molecular formula is C13H17NO2. The van der Waals surface area contributed by atoms with Crippen LogP contribution in [-0.4, -0.2) is 10.8 Å². The summed E-state index contributed by atoms with van der Waals surface area (Å²) in [6.07, 6.45) is 3.26. The van der Waals surface area contributed by atoms with E-state index in [2.05, 4.69) is 25.4 Å². The van der Waals surface area contributed by atoms with Gasteiger partial charge in [-0.2, -0.15) is 0 Å². The number of pyridine rings is 1. The van der Waals surface area contributed by atoms with Gasteiger partial charge in [-0.05, 0) is 24.0 Å². The van der Waals surface area contributed by atoms with E-state index in [1.807, 2.05) is 0 Å². The van der Waals surface area contributed by atoms with E-state index in [4.69, 9.17) is 0 Å². The van der Waals surface area contributed by atoms with Crippen molar-refractivity contribution in [1.82, 2.24) is 4.98 Å². The predicted molar refractivity (Wildman–Crippen MR) is 64.9 cm³/mol. The number of hydrogen-bond donors (Lipinski definition) is 1. The summed E-state index contributed by atoms with van der Waals surface area (Å²) in [4.78, 5) is 25.4. The average molecular weight is 219 g/mol. The Morgan fingerprint density at radius 3 is 2.81 bits per heavy atom. The van der Waals surface area contributed by atoms with E-state index in [0.717, 1.165) is 18.4 Å². The van der Waals surface area contributed by atoms with Crippen molar-refractivity contribution in [2.24, 2.45) is 0 Å². The molecule has 86 valence electrons. The van der Waals surface area contributed by atoms with Crippen molar-refractivity contribution in [3.63, 3.8) is 0 Å². The number of carbonyl (C=O) groups is 1. The minimum atomic E-state index is -0.252. The molecule has 0 bridgehead atoms. The molecule has 0 saturated heterocycles. The molecule has 1 atom stereocenters. The van der Waals surface area contributed by atoms with Crippen molar-refractivity contribution in [3.05, 3.63) is 46.4 Å². The van der Waals surface area contributed by atoms with Gasteiger partial charge in [-0.3, -0.25) is 9.59 Å². The van der Waals surface area contributed by atoms with Crippen LogP contribution in [0.25, 0.3) is 0 Å². The second-order valence-corrected chi connectivity index (χ2v) is 3.91. The van der Waals surface area contributed by atoms with Crippen molar-refractivity contribution in [2.45, 2.75) is 32.6 Å². The largest absolute Gasteiger partial charge is 0.319 e. The molecule has 0 amide bonds. The van der Waals surface area contributed by atoms with Crippen molar-refractivity contribution < 1.29 is 4.79 Å². The first-order valence-electron chi connectivity index (χ1n) is 5.50. The second-order valence-electron chi connectivity index (χ2n) is 3.91. The first-order chi connectivity index (χ1) is 7.60. The van der Waals surface area contributed by atoms with Crippen LogP contribution in [0.5, 0.6) is 0 Å². The van der Waals surface area contributed by atoms with Gasteiger partial charge in [0.2, 0.25) is 11.3 Å². The zero-order chi connectivity index (χ0) is 12.1. The number of rotatable bonds is 5. The lowest BCUT2D eigenvalue weighted by atomic mass is 9.94. The number of nitrogens with one attached hydrogen (secondary N) is 1. The van der Waals surface area contributed by atoms with Crippen molar-refractivity contribution in [2.75, 3.05) is 0 Å². The second kappa shape index (κ2) is 5.45. The molecule has 1 aromatic heterocycles. The van der Waals surface area contributed by atoms with Gasteiger partial charge in [-0.25, -0.2) is 0 Å². The Bertz CT molecular complexity index is 445. The van der Waals surface area contributed by atoms with Crippen LogP contribution in [0.1, 0.15) is 48.7 Å². The quantitative estimate of drug-likeness (QED) is 0.611. The summed E-state index contributed by atoms with van der Waals surface area (Å²) in [5.74, 6) is 0.0383. The molecule has 3 heteroatoms. The van der Waals surface area contributed by atoms with Gasteiger partial charge in [0.25, 0.3) is 0 Å². The van der Waals surface area contributed by atoms with Gasteiger partial charge >= 0.3 is 0 Å². The number of aromatic amines is 1. The molecule has 0 saturated carbocycles. The van der Waals surface area contributed by atoms with E-state index in [9.17, 15) is 9.59 Å². The predicted octanol–water partition coefficient (Wildman–Crippen LogP) is 2.65. The highest BCUT2D eigenvalue weighted by molar-refractivity contribution is 6.03. The smallest absolute Gasteiger partial charge is 0.248 e. The summed E-state index contributed by atoms with van der Waals surface area (Å²) in [5.41, 5.74) is 1.02. The SMILES string of the molecule is C=CC(=O)c1[nH]c(=O)ccc1C(C)CCC. The molecule has 1 rings (SSSR count). The zero-order valence-corrected chi connectivity index (χ0v) is 9.75. The maximum atomic E-state index is 11.6. The number of carbonyl (C=O) groups excluding carboxylic acids is 1. The molecule has 0 fully saturated rings. The van der Waals surface area contributed by atoms with Crippen LogP contribution >= 0.6 is 0 Å². The van der Waals surface area contributed by atoms with Crippen LogP contribution in [0.2, 0.25) is 0 Å². The fraction of sp³-hybridized carbons (Fsp3) is 0.385. The Kier molecular flexibility index (Phi) is 4.23. The van der Waals surface area contributed by atoms with Gasteiger partial charge in [0.15, 0.2) is 0 Å². The number of aromatic nitrogens is 1. The van der Waals surface area contributed by atoms with E-state index in [-0.39, 0.29) is 17.3 Å². The maximum Gasteiger partial charge on any atom is 0.248 e. The summed E-state index contributed by atoms with van der Waals surface area (Å²) < 4.78 is 0. The third-order valence-electron chi connectivity index (χ3n) is 2.64. The molecule has 1 N–H and O–H groups in total. The first-order valence-corrected chi connectivity index (χ1v) is 5.50. The Hall–Kier alpha value is -1.64. The number of allylic oxidation sites excluding steroid dienone is 1. The highest BCUT2D eigenvalue weighted by Crippen LogP contribution is 2.22. The topological polar surface area (TPSA) is 49.9 Å². The van der Waals surface area contributed by atoms with Crippen LogP contribution < -0.4 is 5.56 Å². The van der Waals surface area contributed by atoms with Crippen molar-refractivity contribution in [1.29, 1.82) is 0 Å². The summed E-state index contributed by atoms with van der Waals surface area (Å²) in [6, 6.07) is 3.19. The lowest BCUT2D eigenvalue weighted by Gasteiger charge is -2.13. The zero-order valence-electron chi connectivity index (χ0n) is 9.75. The lowest BCUT2D eigenvalue weighted by molar-refractivity contribution is 0.104. The van der Waals surface area contributed by atoms with Gasteiger partial charge < -0.3 is 4.98 Å². The monoisotopic (exact) mass is 219 g/mol. The molecular weight excluding hydrogens is 202 g/mol. The van der Waals surface area contributed by atoms with Crippen LogP contribution in [0.15, 0.2) is 29.6 Å². The van der Waals surface area contributed by atoms with Gasteiger partial charge in [-0.15, -0.1) is 0 Å². The Labute approximate surface area is 95.2 Å². The van der Waals surface area contributed by atoms with Gasteiger partial charge in [-0.1, -0.05) is 32.9 Å². The van der Waals surface area contributed by atoms with E-state index < -0.39 is 0 Å². The molecule has 0 aromatic carbocycles. The minimum Gasteiger partial charge on any atom is -0.319 e. The van der Waals surface area contributed by atoms with E-state index in [1.165, 1.54) is 12.1 Å². The number of hydrogen-bond acceptors (Lipinski definition) is 2. The molecule has 3 nitrogen and oxygen atoms in total. The molecule has 0 spiro atoms. The normalized spacial score (nSPS) is 12.1. The maximum absolute atomic E-state index is 11.6. The van der Waals surface area contributed by atoms with Gasteiger partial charge in [0.1, 0.15) is 0 Å². The third kappa shape index (κ3) is 2.69. The molecule has 1 heterocycles. The summed E-state index contributed by atoms with van der Waals surface area (Å²) in [6.45, 7) is 7.59. The highest BCUT2D eigenvalue weighted by Gasteiger charge is 2.14. The molecule has 0 aliphatic heterocycles. The summed E-state index contributed by atoms with van der Waals surface area (Å²) >= 11 is 0. The van der Waals surface area contributed by atoms with Crippen LogP contribution in [0.3, 0.4) is 0 Å². The van der Waals surface area contributed by atoms with E-state index >= 15 is 0 Å². The number of ketones is 1. The van der Waals surface area contributed by atoms with Gasteiger partial charge in [0, 0.05) is 6.07 Å². The van der Waals surface area contributed by atoms with Crippen LogP contribution in [0.4, 0.5) is 0 Å². The van der Waals surface area contributed by atoms with Gasteiger partial charge in [0.05, 0.1) is 5.69 Å². The van der Waals surface area contributed by atoms with Crippen LogP contribution in [-0.2, 0) is 0 Å². The molecule has 0 aliphatic rings. The fourth-order valence-corrected chi connectivity index (χ4v) is 1.79. The fourth-order valence-electron chi connectivity index (χ4n) is 1.79. The molecule has 1 unspecified atom stereocenters. The first kappa shape index (κ1) is 12.4. The lowest BCUT2D eigenvalue weighted by Crippen LogP contribution is -2.15. The summed E-state index contributed by atoms with van der Waals surface area (Å²) in [5, 5.41) is 0. The standard InChI is InChI=1S/C13H17NO2/c1-4-6-9(3)10-7-8-12(16)14-13(10)11(15)5-2/h5,7-9H,2,4,6H2,1,3H3,(H,14,16). The molecule has 1 aromatic rings. The number of H-pyrrole nitrogens is 1. The average Bonchev–Trinajstić information content (AvgIpc) is 2.28. The highest BCUT2D eigenvalue weighted by atomic mass is 16.1. The van der Waals surface area contributed by atoms with E-state index in [1.54, 1.807) is 6.07 Å². The van der Waals surface area contributed by atoms with Crippen LogP contribution in [0, 0.1) is 0 Å². The van der Waals surface area contributed by atoms with Crippen molar-refractivity contribution in [3.8, 4) is 0 Å². The third-order valence-corrected chi connectivity index (χ3v) is 2.64. The summed E-state index contributed by atoms with van der Waals surface area (Å²) in [7, 11) is 0. The minimum absolute atomic E-state index is 0.226. The van der Waals surface area contributed by atoms with Crippen molar-refractivity contribution >= 4 is 5.78 Å². The van der Waals surface area contributed by atoms with E-state index in [0.29, 0.717) is 5.69 Å². The molecule has 16 heavy (non-hydrogen) atoms. The Morgan fingerprint density at radius 1 is 1.56 bits per heavy atom. The molecule has 0 radical (unpaired) electrons. The Morgan fingerprint density at radius 2 is 2.25 bits per heavy atom. The molecule has 0 aliphatic carbocycles. The Balaban J connectivity index is 3.22.